The van der Waals surface area contributed by atoms with Crippen LogP contribution in [-0.2, 0) is 12.5 Å². The molecule has 5 heteroatoms. The molecule has 1 heterocycles. The number of rotatable bonds is 2. The number of aryl methyl sites for hydroxylation is 1. The average Bonchev–Trinajstić information content (AvgIpc) is 2.67. The molecule has 19 heavy (non-hydrogen) atoms. The lowest BCUT2D eigenvalue weighted by atomic mass is 9.82. The summed E-state index contributed by atoms with van der Waals surface area (Å²) >= 11 is 3.34. The first-order chi connectivity index (χ1) is 8.82. The number of aliphatic hydroxyl groups is 1. The highest BCUT2D eigenvalue weighted by Gasteiger charge is 2.25. The molecule has 1 N–H and O–H groups in total. The number of hydrogen-bond donors (Lipinski definition) is 1. The number of nitrogens with zero attached hydrogens (tertiary/aromatic N) is 3. The minimum Gasteiger partial charge on any atom is -0.382 e. The summed E-state index contributed by atoms with van der Waals surface area (Å²) in [5.41, 5.74) is 2.64. The van der Waals surface area contributed by atoms with Gasteiger partial charge in [0.05, 0.1) is 0 Å². The van der Waals surface area contributed by atoms with E-state index in [-0.39, 0.29) is 5.41 Å². The minimum absolute atomic E-state index is 0.0317. The van der Waals surface area contributed by atoms with Gasteiger partial charge in [0.2, 0.25) is 0 Å². The Morgan fingerprint density at radius 1 is 1.26 bits per heavy atom. The summed E-state index contributed by atoms with van der Waals surface area (Å²) in [5, 5.41) is 18.5. The largest absolute Gasteiger partial charge is 0.382 e. The number of aliphatic hydroxyl groups excluding tert-OH is 1. The van der Waals surface area contributed by atoms with Crippen molar-refractivity contribution in [3.8, 4) is 0 Å². The van der Waals surface area contributed by atoms with E-state index in [0.717, 1.165) is 11.1 Å². The van der Waals surface area contributed by atoms with Gasteiger partial charge in [-0.25, -0.2) is 4.68 Å². The van der Waals surface area contributed by atoms with Gasteiger partial charge in [-0.1, -0.05) is 50.3 Å². The molecule has 0 aliphatic carbocycles. The van der Waals surface area contributed by atoms with Gasteiger partial charge >= 0.3 is 0 Å². The van der Waals surface area contributed by atoms with E-state index in [1.165, 1.54) is 0 Å². The summed E-state index contributed by atoms with van der Waals surface area (Å²) in [7, 11) is 1.77. The van der Waals surface area contributed by atoms with Gasteiger partial charge in [0, 0.05) is 7.05 Å². The third-order valence-electron chi connectivity index (χ3n) is 3.15. The van der Waals surface area contributed by atoms with E-state index in [0.29, 0.717) is 10.3 Å². The van der Waals surface area contributed by atoms with E-state index in [4.69, 9.17) is 0 Å². The van der Waals surface area contributed by atoms with Gasteiger partial charge in [0.1, 0.15) is 11.8 Å². The number of benzene rings is 1. The molecule has 102 valence electrons. The second kappa shape index (κ2) is 5.06. The standard InChI is InChI=1S/C14H18BrN3O/c1-14(2,3)10-8-6-5-7-9(10)12(19)11-13(15)16-17-18(11)4/h5-8,12,19H,1-4H3. The fourth-order valence-corrected chi connectivity index (χ4v) is 2.74. The van der Waals surface area contributed by atoms with Crippen molar-refractivity contribution in [3.63, 3.8) is 0 Å². The Morgan fingerprint density at radius 3 is 2.42 bits per heavy atom. The van der Waals surface area contributed by atoms with Crippen molar-refractivity contribution >= 4 is 15.9 Å². The van der Waals surface area contributed by atoms with Crippen LogP contribution in [-0.4, -0.2) is 20.1 Å². The molecule has 0 saturated carbocycles. The monoisotopic (exact) mass is 323 g/mol. The molecule has 0 aliphatic heterocycles. The fraction of sp³-hybridized carbons (Fsp3) is 0.429. The van der Waals surface area contributed by atoms with Crippen molar-refractivity contribution < 1.29 is 5.11 Å². The van der Waals surface area contributed by atoms with Gasteiger partial charge in [-0.15, -0.1) is 5.10 Å². The summed E-state index contributed by atoms with van der Waals surface area (Å²) in [4.78, 5) is 0. The van der Waals surface area contributed by atoms with Crippen molar-refractivity contribution in [1.82, 2.24) is 15.0 Å². The SMILES string of the molecule is Cn1nnc(Br)c1C(O)c1ccccc1C(C)(C)C. The second-order valence-corrected chi connectivity index (χ2v) is 6.38. The smallest absolute Gasteiger partial charge is 0.154 e. The van der Waals surface area contributed by atoms with Gasteiger partial charge in [0.25, 0.3) is 0 Å². The summed E-state index contributed by atoms with van der Waals surface area (Å²) in [5.74, 6) is 0. The maximum Gasteiger partial charge on any atom is 0.154 e. The molecular weight excluding hydrogens is 306 g/mol. The molecule has 1 aromatic carbocycles. The molecule has 0 radical (unpaired) electrons. The molecular formula is C14H18BrN3O. The number of halogens is 1. The van der Waals surface area contributed by atoms with Crippen molar-refractivity contribution in [2.45, 2.75) is 32.3 Å². The van der Waals surface area contributed by atoms with E-state index < -0.39 is 6.10 Å². The van der Waals surface area contributed by atoms with E-state index in [9.17, 15) is 5.11 Å². The molecule has 0 bridgehead atoms. The lowest BCUT2D eigenvalue weighted by molar-refractivity contribution is 0.206. The predicted octanol–water partition coefficient (Wildman–Crippen LogP) is 2.96. The molecule has 0 aliphatic rings. The Morgan fingerprint density at radius 2 is 1.89 bits per heavy atom. The van der Waals surface area contributed by atoms with Gasteiger partial charge < -0.3 is 5.11 Å². The summed E-state index contributed by atoms with van der Waals surface area (Å²) < 4.78 is 2.17. The maximum atomic E-state index is 10.7. The van der Waals surface area contributed by atoms with Crippen LogP contribution in [0.4, 0.5) is 0 Å². The van der Waals surface area contributed by atoms with Gasteiger partial charge in [0.15, 0.2) is 4.60 Å². The third kappa shape index (κ3) is 2.72. The van der Waals surface area contributed by atoms with Crippen LogP contribution in [0.1, 0.15) is 43.7 Å². The Kier molecular flexibility index (Phi) is 3.78. The highest BCUT2D eigenvalue weighted by molar-refractivity contribution is 9.10. The van der Waals surface area contributed by atoms with Gasteiger partial charge in [-0.3, -0.25) is 0 Å². The van der Waals surface area contributed by atoms with Crippen molar-refractivity contribution in [2.75, 3.05) is 0 Å². The predicted molar refractivity (Wildman–Crippen MR) is 77.9 cm³/mol. The van der Waals surface area contributed by atoms with Crippen LogP contribution in [0.15, 0.2) is 28.9 Å². The number of hydrogen-bond acceptors (Lipinski definition) is 3. The molecule has 0 amide bonds. The maximum absolute atomic E-state index is 10.7. The zero-order valence-electron chi connectivity index (χ0n) is 11.6. The average molecular weight is 324 g/mol. The normalized spacial score (nSPS) is 13.6. The fourth-order valence-electron chi connectivity index (χ4n) is 2.19. The Labute approximate surface area is 121 Å². The van der Waals surface area contributed by atoms with E-state index in [1.54, 1.807) is 11.7 Å². The minimum atomic E-state index is -0.746. The molecule has 1 unspecified atom stereocenters. The van der Waals surface area contributed by atoms with Crippen molar-refractivity contribution in [3.05, 3.63) is 45.7 Å². The first kappa shape index (κ1) is 14.2. The topological polar surface area (TPSA) is 50.9 Å². The molecule has 2 aromatic rings. The van der Waals surface area contributed by atoms with Crippen LogP contribution < -0.4 is 0 Å². The van der Waals surface area contributed by atoms with Gasteiger partial charge in [-0.2, -0.15) is 0 Å². The van der Waals surface area contributed by atoms with Gasteiger partial charge in [-0.05, 0) is 32.5 Å². The lowest BCUT2D eigenvalue weighted by Crippen LogP contribution is -2.17. The van der Waals surface area contributed by atoms with E-state index in [2.05, 4.69) is 53.1 Å². The molecule has 2 rings (SSSR count). The van der Waals surface area contributed by atoms with Crippen LogP contribution in [0.5, 0.6) is 0 Å². The quantitative estimate of drug-likeness (QED) is 0.924. The molecule has 4 nitrogen and oxygen atoms in total. The molecule has 0 fully saturated rings. The van der Waals surface area contributed by atoms with Crippen LogP contribution in [0.3, 0.4) is 0 Å². The summed E-state index contributed by atoms with van der Waals surface area (Å²) in [6.07, 6.45) is -0.746. The highest BCUT2D eigenvalue weighted by Crippen LogP contribution is 2.34. The molecule has 1 aromatic heterocycles. The Hall–Kier alpha value is -1.20. The summed E-state index contributed by atoms with van der Waals surface area (Å²) in [6, 6.07) is 7.93. The lowest BCUT2D eigenvalue weighted by Gasteiger charge is -2.25. The van der Waals surface area contributed by atoms with Crippen molar-refractivity contribution in [2.24, 2.45) is 7.05 Å². The molecule has 0 spiro atoms. The third-order valence-corrected chi connectivity index (χ3v) is 3.71. The molecule has 1 atom stereocenters. The number of aromatic nitrogens is 3. The van der Waals surface area contributed by atoms with Crippen molar-refractivity contribution in [1.29, 1.82) is 0 Å². The second-order valence-electron chi connectivity index (χ2n) is 5.63. The highest BCUT2D eigenvalue weighted by atomic mass is 79.9. The summed E-state index contributed by atoms with van der Waals surface area (Å²) in [6.45, 7) is 6.40. The van der Waals surface area contributed by atoms with E-state index >= 15 is 0 Å². The zero-order valence-corrected chi connectivity index (χ0v) is 13.1. The van der Waals surface area contributed by atoms with Crippen LogP contribution in [0.2, 0.25) is 0 Å². The van der Waals surface area contributed by atoms with Crippen LogP contribution in [0.25, 0.3) is 0 Å². The van der Waals surface area contributed by atoms with Crippen LogP contribution in [0, 0.1) is 0 Å². The Balaban J connectivity index is 2.54. The Bertz CT molecular complexity index is 567. The first-order valence-corrected chi connectivity index (χ1v) is 6.94. The first-order valence-electron chi connectivity index (χ1n) is 6.15. The van der Waals surface area contributed by atoms with E-state index in [1.807, 2.05) is 18.2 Å². The van der Waals surface area contributed by atoms with Crippen LogP contribution >= 0.6 is 15.9 Å². The molecule has 0 saturated heterocycles. The zero-order chi connectivity index (χ0) is 14.2.